The van der Waals surface area contributed by atoms with Crippen LogP contribution in [0.25, 0.3) is 0 Å². The molecule has 1 aliphatic rings. The summed E-state index contributed by atoms with van der Waals surface area (Å²) in [7, 11) is -0.485. The van der Waals surface area contributed by atoms with Crippen molar-refractivity contribution in [2.75, 3.05) is 18.6 Å². The molecule has 0 atom stereocenters. The molecule has 3 rings (SSSR count). The van der Waals surface area contributed by atoms with Crippen LogP contribution in [0, 0.1) is 5.92 Å². The number of aromatic nitrogens is 3. The molecule has 0 bridgehead atoms. The van der Waals surface area contributed by atoms with Crippen LogP contribution < -0.4 is 10.8 Å². The highest BCUT2D eigenvalue weighted by Crippen LogP contribution is 2.33. The van der Waals surface area contributed by atoms with Gasteiger partial charge in [0.15, 0.2) is 0 Å². The van der Waals surface area contributed by atoms with Crippen molar-refractivity contribution in [2.45, 2.75) is 44.8 Å². The molecule has 0 aliphatic heterocycles. The van der Waals surface area contributed by atoms with Gasteiger partial charge in [-0.2, -0.15) is 18.3 Å². The van der Waals surface area contributed by atoms with Crippen LogP contribution in [0.1, 0.15) is 48.2 Å². The summed E-state index contributed by atoms with van der Waals surface area (Å²) in [5.41, 5.74) is -0.167. The molecule has 0 saturated heterocycles. The summed E-state index contributed by atoms with van der Waals surface area (Å²) in [6.45, 7) is 4.37. The highest BCUT2D eigenvalue weighted by Gasteiger charge is 2.39. The summed E-state index contributed by atoms with van der Waals surface area (Å²) < 4.78 is 41.6. The molecule has 5 nitrogen and oxygen atoms in total. The largest absolute Gasteiger partial charge is 0.420 e. The SMILES string of the molecule is CP(C)c1cc(NC(=O)c2c(C(F)(F)F)cnn2CC2CCCCC2)ccn1. The van der Waals surface area contributed by atoms with Crippen LogP contribution in [0.15, 0.2) is 24.5 Å². The maximum absolute atomic E-state index is 13.5. The zero-order valence-corrected chi connectivity index (χ0v) is 16.9. The summed E-state index contributed by atoms with van der Waals surface area (Å²) in [6, 6.07) is 3.29. The summed E-state index contributed by atoms with van der Waals surface area (Å²) in [4.78, 5) is 17.0. The lowest BCUT2D eigenvalue weighted by atomic mass is 9.89. The minimum absolute atomic E-state index is 0.248. The minimum Gasteiger partial charge on any atom is -0.321 e. The number of hydrogen-bond donors (Lipinski definition) is 1. The Morgan fingerprint density at radius 1 is 1.29 bits per heavy atom. The number of nitrogens with zero attached hydrogens (tertiary/aromatic N) is 3. The topological polar surface area (TPSA) is 59.8 Å². The van der Waals surface area contributed by atoms with E-state index >= 15 is 0 Å². The molecule has 28 heavy (non-hydrogen) atoms. The van der Waals surface area contributed by atoms with E-state index in [4.69, 9.17) is 0 Å². The quantitative estimate of drug-likeness (QED) is 0.736. The van der Waals surface area contributed by atoms with Gasteiger partial charge < -0.3 is 5.32 Å². The van der Waals surface area contributed by atoms with E-state index < -0.39 is 31.3 Å². The summed E-state index contributed by atoms with van der Waals surface area (Å²) >= 11 is 0. The Kier molecular flexibility index (Phi) is 6.38. The molecule has 152 valence electrons. The van der Waals surface area contributed by atoms with Gasteiger partial charge in [0.2, 0.25) is 0 Å². The first-order valence-electron chi connectivity index (χ1n) is 9.33. The number of amides is 1. The van der Waals surface area contributed by atoms with Crippen molar-refractivity contribution in [1.82, 2.24) is 14.8 Å². The maximum atomic E-state index is 13.5. The van der Waals surface area contributed by atoms with E-state index in [0.29, 0.717) is 12.2 Å². The first-order valence-corrected chi connectivity index (χ1v) is 11.6. The third-order valence-corrected chi connectivity index (χ3v) is 6.14. The fraction of sp³-hybridized carbons (Fsp3) is 0.526. The van der Waals surface area contributed by atoms with E-state index in [-0.39, 0.29) is 5.92 Å². The molecule has 1 aliphatic carbocycles. The number of carbonyl (C=O) groups excluding carboxylic acids is 1. The number of rotatable bonds is 5. The first kappa shape index (κ1) is 20.8. The van der Waals surface area contributed by atoms with E-state index in [1.165, 1.54) is 4.68 Å². The first-order chi connectivity index (χ1) is 13.3. The number of hydrogen-bond acceptors (Lipinski definition) is 3. The predicted octanol–water partition coefficient (Wildman–Crippen LogP) is 4.50. The Balaban J connectivity index is 1.88. The second kappa shape index (κ2) is 8.60. The van der Waals surface area contributed by atoms with Gasteiger partial charge in [-0.1, -0.05) is 27.2 Å². The highest BCUT2D eigenvalue weighted by atomic mass is 31.1. The smallest absolute Gasteiger partial charge is 0.321 e. The van der Waals surface area contributed by atoms with E-state index in [1.54, 1.807) is 18.3 Å². The molecule has 2 aromatic rings. The molecular weight excluding hydrogens is 388 g/mol. The summed E-state index contributed by atoms with van der Waals surface area (Å²) in [5.74, 6) is -0.549. The third kappa shape index (κ3) is 4.90. The molecule has 1 fully saturated rings. The molecule has 0 spiro atoms. The lowest BCUT2D eigenvalue weighted by molar-refractivity contribution is -0.138. The molecule has 9 heteroatoms. The standard InChI is InChI=1S/C19H24F3N4OP/c1-28(2)16-10-14(8-9-23-16)25-18(27)17-15(19(20,21)22)11-24-26(17)12-13-6-4-3-5-7-13/h8-11,13H,3-7,12H2,1-2H3,(H,23,25,27). The van der Waals surface area contributed by atoms with Gasteiger partial charge in [0.25, 0.3) is 5.91 Å². The fourth-order valence-electron chi connectivity index (χ4n) is 3.52. The molecule has 0 aromatic carbocycles. The Bertz CT molecular complexity index is 829. The zero-order valence-electron chi connectivity index (χ0n) is 16.0. The van der Waals surface area contributed by atoms with Gasteiger partial charge in [-0.15, -0.1) is 0 Å². The zero-order chi connectivity index (χ0) is 20.3. The van der Waals surface area contributed by atoms with Crippen LogP contribution in [0.3, 0.4) is 0 Å². The average Bonchev–Trinajstić information content (AvgIpc) is 3.07. The Morgan fingerprint density at radius 2 is 2.00 bits per heavy atom. The molecule has 2 aromatic heterocycles. The van der Waals surface area contributed by atoms with Crippen molar-refractivity contribution in [3.8, 4) is 0 Å². The highest BCUT2D eigenvalue weighted by molar-refractivity contribution is 7.63. The average molecular weight is 412 g/mol. The van der Waals surface area contributed by atoms with Crippen LogP contribution in [0.4, 0.5) is 18.9 Å². The van der Waals surface area contributed by atoms with Crippen LogP contribution in [-0.4, -0.2) is 34.0 Å². The van der Waals surface area contributed by atoms with Gasteiger partial charge >= 0.3 is 6.18 Å². The molecule has 1 saturated carbocycles. The minimum atomic E-state index is -4.64. The van der Waals surface area contributed by atoms with Gasteiger partial charge in [-0.05, 0) is 44.2 Å². The lowest BCUT2D eigenvalue weighted by Gasteiger charge is -2.22. The third-order valence-electron chi connectivity index (χ3n) is 4.98. The summed E-state index contributed by atoms with van der Waals surface area (Å²) in [5, 5.41) is 6.51. The van der Waals surface area contributed by atoms with E-state index in [2.05, 4.69) is 15.4 Å². The van der Waals surface area contributed by atoms with Crippen LogP contribution in [-0.2, 0) is 12.7 Å². The Hall–Kier alpha value is -1.95. The van der Waals surface area contributed by atoms with Crippen LogP contribution >= 0.6 is 7.92 Å². The fourth-order valence-corrected chi connectivity index (χ4v) is 4.21. The van der Waals surface area contributed by atoms with Gasteiger partial charge in [-0.25, -0.2) is 0 Å². The van der Waals surface area contributed by atoms with Gasteiger partial charge in [0.05, 0.1) is 11.6 Å². The van der Waals surface area contributed by atoms with Crippen LogP contribution in [0.5, 0.6) is 0 Å². The van der Waals surface area contributed by atoms with Crippen molar-refractivity contribution in [3.63, 3.8) is 0 Å². The summed E-state index contributed by atoms with van der Waals surface area (Å²) in [6.07, 6.45) is 2.86. The second-order valence-corrected chi connectivity index (χ2v) is 9.59. The Labute approximate surface area is 163 Å². The predicted molar refractivity (Wildman–Crippen MR) is 104 cm³/mol. The van der Waals surface area contributed by atoms with E-state index in [1.807, 2.05) is 13.3 Å². The van der Waals surface area contributed by atoms with E-state index in [9.17, 15) is 18.0 Å². The van der Waals surface area contributed by atoms with Crippen molar-refractivity contribution in [3.05, 3.63) is 35.8 Å². The molecule has 0 radical (unpaired) electrons. The lowest BCUT2D eigenvalue weighted by Crippen LogP contribution is -2.25. The monoisotopic (exact) mass is 412 g/mol. The number of alkyl halides is 3. The molecule has 1 N–H and O–H groups in total. The normalized spacial score (nSPS) is 15.8. The molecular formula is C19H24F3N4OP. The van der Waals surface area contributed by atoms with Crippen molar-refractivity contribution in [1.29, 1.82) is 0 Å². The number of pyridine rings is 1. The van der Waals surface area contributed by atoms with Crippen molar-refractivity contribution in [2.24, 2.45) is 5.92 Å². The number of carbonyl (C=O) groups is 1. The van der Waals surface area contributed by atoms with Gasteiger partial charge in [0, 0.05) is 18.4 Å². The maximum Gasteiger partial charge on any atom is 0.420 e. The Morgan fingerprint density at radius 3 is 2.64 bits per heavy atom. The van der Waals surface area contributed by atoms with Crippen molar-refractivity contribution >= 4 is 25.0 Å². The second-order valence-electron chi connectivity index (χ2n) is 7.34. The van der Waals surface area contributed by atoms with Crippen molar-refractivity contribution < 1.29 is 18.0 Å². The van der Waals surface area contributed by atoms with E-state index in [0.717, 1.165) is 43.7 Å². The van der Waals surface area contributed by atoms with Gasteiger partial charge in [0.1, 0.15) is 11.3 Å². The van der Waals surface area contributed by atoms with Gasteiger partial charge in [-0.3, -0.25) is 14.5 Å². The molecule has 2 heterocycles. The molecule has 0 unspecified atom stereocenters. The number of anilines is 1. The number of halogens is 3. The number of nitrogens with one attached hydrogen (secondary N) is 1. The van der Waals surface area contributed by atoms with Crippen LogP contribution in [0.2, 0.25) is 0 Å². The molecule has 1 amide bonds.